The van der Waals surface area contributed by atoms with E-state index in [9.17, 15) is 4.79 Å². The summed E-state index contributed by atoms with van der Waals surface area (Å²) in [5, 5.41) is 3.28. The minimum Gasteiger partial charge on any atom is -0.464 e. The van der Waals surface area contributed by atoms with Crippen molar-refractivity contribution < 1.29 is 14.3 Å². The molecule has 6 heteroatoms. The number of ether oxygens (including phenoxy) is 2. The summed E-state index contributed by atoms with van der Waals surface area (Å²) in [7, 11) is 1.35. The van der Waals surface area contributed by atoms with Crippen molar-refractivity contribution >= 4 is 11.7 Å². The molecule has 104 valence electrons. The van der Waals surface area contributed by atoms with Gasteiger partial charge in [0.25, 0.3) is 0 Å². The van der Waals surface area contributed by atoms with Gasteiger partial charge in [-0.25, -0.2) is 9.78 Å². The number of methoxy groups -OCH3 is 1. The van der Waals surface area contributed by atoms with Gasteiger partial charge in [0, 0.05) is 38.1 Å². The summed E-state index contributed by atoms with van der Waals surface area (Å²) < 4.78 is 9.94. The zero-order valence-electron chi connectivity index (χ0n) is 11.1. The Hall–Kier alpha value is -1.66. The van der Waals surface area contributed by atoms with Crippen LogP contribution in [0.15, 0.2) is 18.3 Å². The lowest BCUT2D eigenvalue weighted by atomic mass is 10.3. The van der Waals surface area contributed by atoms with Gasteiger partial charge in [-0.2, -0.15) is 0 Å². The highest BCUT2D eigenvalue weighted by atomic mass is 16.5. The van der Waals surface area contributed by atoms with E-state index in [0.29, 0.717) is 5.69 Å². The summed E-state index contributed by atoms with van der Waals surface area (Å²) in [4.78, 5) is 17.7. The fraction of sp³-hybridized carbons (Fsp3) is 0.538. The lowest BCUT2D eigenvalue weighted by Gasteiger charge is -2.26. The second-order valence-corrected chi connectivity index (χ2v) is 4.30. The molecule has 0 atom stereocenters. The van der Waals surface area contributed by atoms with Crippen molar-refractivity contribution in [1.82, 2.24) is 9.88 Å². The van der Waals surface area contributed by atoms with Gasteiger partial charge in [-0.05, 0) is 12.1 Å². The summed E-state index contributed by atoms with van der Waals surface area (Å²) >= 11 is 0. The number of aromatic nitrogens is 1. The minimum absolute atomic E-state index is 0.318. The number of hydrogen-bond donors (Lipinski definition) is 1. The van der Waals surface area contributed by atoms with Crippen LogP contribution in [0.3, 0.4) is 0 Å². The van der Waals surface area contributed by atoms with Gasteiger partial charge in [0.1, 0.15) is 5.69 Å². The average Bonchev–Trinajstić information content (AvgIpc) is 2.48. The quantitative estimate of drug-likeness (QED) is 0.787. The first-order valence-electron chi connectivity index (χ1n) is 6.38. The molecule has 2 heterocycles. The van der Waals surface area contributed by atoms with Crippen LogP contribution in [0.25, 0.3) is 0 Å². The van der Waals surface area contributed by atoms with E-state index < -0.39 is 5.97 Å². The fourth-order valence-electron chi connectivity index (χ4n) is 1.94. The maximum Gasteiger partial charge on any atom is 0.356 e. The molecule has 0 spiro atoms. The summed E-state index contributed by atoms with van der Waals surface area (Å²) in [6.45, 7) is 5.35. The highest BCUT2D eigenvalue weighted by Crippen LogP contribution is 2.08. The van der Waals surface area contributed by atoms with Crippen molar-refractivity contribution in [2.45, 2.75) is 0 Å². The molecule has 1 aromatic rings. The third-order valence-corrected chi connectivity index (χ3v) is 3.02. The zero-order chi connectivity index (χ0) is 13.5. The SMILES string of the molecule is COC(=O)c1cc(NCCN2CCOCC2)ccn1. The van der Waals surface area contributed by atoms with Crippen LogP contribution >= 0.6 is 0 Å². The average molecular weight is 265 g/mol. The Kier molecular flexibility index (Phi) is 5.11. The van der Waals surface area contributed by atoms with Gasteiger partial charge in [0.05, 0.1) is 20.3 Å². The first-order chi connectivity index (χ1) is 9.29. The van der Waals surface area contributed by atoms with Crippen molar-refractivity contribution in [1.29, 1.82) is 0 Å². The number of rotatable bonds is 5. The Morgan fingerprint density at radius 1 is 1.53 bits per heavy atom. The van der Waals surface area contributed by atoms with E-state index in [4.69, 9.17) is 4.74 Å². The highest BCUT2D eigenvalue weighted by Gasteiger charge is 2.10. The molecule has 0 unspecified atom stereocenters. The molecular weight excluding hydrogens is 246 g/mol. The number of carbonyl (C=O) groups excluding carboxylic acids is 1. The van der Waals surface area contributed by atoms with Crippen LogP contribution in [0.5, 0.6) is 0 Å². The molecule has 2 rings (SSSR count). The van der Waals surface area contributed by atoms with E-state index in [1.54, 1.807) is 12.3 Å². The number of anilines is 1. The number of esters is 1. The molecule has 0 saturated carbocycles. The molecule has 19 heavy (non-hydrogen) atoms. The van der Waals surface area contributed by atoms with Crippen LogP contribution < -0.4 is 5.32 Å². The molecule has 1 aliphatic heterocycles. The first kappa shape index (κ1) is 13.8. The first-order valence-corrected chi connectivity index (χ1v) is 6.38. The molecule has 0 aliphatic carbocycles. The second kappa shape index (κ2) is 7.06. The van der Waals surface area contributed by atoms with E-state index in [0.717, 1.165) is 45.1 Å². The van der Waals surface area contributed by atoms with Crippen molar-refractivity contribution in [2.75, 3.05) is 51.8 Å². The summed E-state index contributed by atoms with van der Waals surface area (Å²) in [6, 6.07) is 3.54. The van der Waals surface area contributed by atoms with Gasteiger partial charge in [-0.3, -0.25) is 4.90 Å². The van der Waals surface area contributed by atoms with Gasteiger partial charge in [0.2, 0.25) is 0 Å². The summed E-state index contributed by atoms with van der Waals surface area (Å²) in [5.74, 6) is -0.420. The number of carbonyl (C=O) groups is 1. The Morgan fingerprint density at radius 3 is 3.05 bits per heavy atom. The Morgan fingerprint density at radius 2 is 2.32 bits per heavy atom. The van der Waals surface area contributed by atoms with Crippen LogP contribution in [0, 0.1) is 0 Å². The molecule has 0 amide bonds. The van der Waals surface area contributed by atoms with E-state index in [1.165, 1.54) is 7.11 Å². The smallest absolute Gasteiger partial charge is 0.356 e. The maximum atomic E-state index is 11.4. The number of nitrogens with zero attached hydrogens (tertiary/aromatic N) is 2. The van der Waals surface area contributed by atoms with E-state index >= 15 is 0 Å². The molecule has 1 N–H and O–H groups in total. The molecule has 1 aromatic heterocycles. The van der Waals surface area contributed by atoms with Crippen LogP contribution in [0.4, 0.5) is 5.69 Å². The third-order valence-electron chi connectivity index (χ3n) is 3.02. The Balaban J connectivity index is 1.80. The fourth-order valence-corrected chi connectivity index (χ4v) is 1.94. The predicted molar refractivity (Wildman–Crippen MR) is 71.3 cm³/mol. The van der Waals surface area contributed by atoms with E-state index in [2.05, 4.69) is 19.9 Å². The molecule has 0 radical (unpaired) electrons. The molecular formula is C13H19N3O3. The second-order valence-electron chi connectivity index (χ2n) is 4.30. The third kappa shape index (κ3) is 4.18. The number of pyridine rings is 1. The normalized spacial score (nSPS) is 16.1. The topological polar surface area (TPSA) is 63.7 Å². The monoisotopic (exact) mass is 265 g/mol. The van der Waals surface area contributed by atoms with Crippen molar-refractivity contribution in [3.05, 3.63) is 24.0 Å². The number of morpholine rings is 1. The standard InChI is InChI=1S/C13H19N3O3/c1-18-13(17)12-10-11(2-3-15-12)14-4-5-16-6-8-19-9-7-16/h2-3,10H,4-9H2,1H3,(H,14,15). The van der Waals surface area contributed by atoms with Gasteiger partial charge in [0.15, 0.2) is 0 Å². The molecule has 6 nitrogen and oxygen atoms in total. The van der Waals surface area contributed by atoms with Crippen LogP contribution in [-0.2, 0) is 9.47 Å². The van der Waals surface area contributed by atoms with Crippen molar-refractivity contribution in [3.8, 4) is 0 Å². The lowest BCUT2D eigenvalue weighted by Crippen LogP contribution is -2.39. The van der Waals surface area contributed by atoms with Crippen LogP contribution in [0.1, 0.15) is 10.5 Å². The highest BCUT2D eigenvalue weighted by molar-refractivity contribution is 5.88. The number of hydrogen-bond acceptors (Lipinski definition) is 6. The van der Waals surface area contributed by atoms with Gasteiger partial charge < -0.3 is 14.8 Å². The van der Waals surface area contributed by atoms with E-state index in [1.807, 2.05) is 6.07 Å². The van der Waals surface area contributed by atoms with Crippen LogP contribution in [0.2, 0.25) is 0 Å². The van der Waals surface area contributed by atoms with Gasteiger partial charge >= 0.3 is 5.97 Å². The predicted octanol–water partition coefficient (Wildman–Crippen LogP) is 0.612. The zero-order valence-corrected chi connectivity index (χ0v) is 11.1. The lowest BCUT2D eigenvalue weighted by molar-refractivity contribution is 0.0398. The molecule has 0 aromatic carbocycles. The summed E-state index contributed by atoms with van der Waals surface area (Å²) in [6.07, 6.45) is 1.60. The number of nitrogens with one attached hydrogen (secondary N) is 1. The van der Waals surface area contributed by atoms with Crippen molar-refractivity contribution in [2.24, 2.45) is 0 Å². The van der Waals surface area contributed by atoms with Crippen LogP contribution in [-0.4, -0.2) is 62.4 Å². The molecule has 0 bridgehead atoms. The Bertz CT molecular complexity index is 419. The largest absolute Gasteiger partial charge is 0.464 e. The minimum atomic E-state index is -0.420. The molecule has 1 aliphatic rings. The Labute approximate surface area is 112 Å². The van der Waals surface area contributed by atoms with Gasteiger partial charge in [-0.15, -0.1) is 0 Å². The van der Waals surface area contributed by atoms with Gasteiger partial charge in [-0.1, -0.05) is 0 Å². The molecule has 1 fully saturated rings. The van der Waals surface area contributed by atoms with Crippen molar-refractivity contribution in [3.63, 3.8) is 0 Å². The van der Waals surface area contributed by atoms with E-state index in [-0.39, 0.29) is 0 Å². The maximum absolute atomic E-state index is 11.4. The summed E-state index contributed by atoms with van der Waals surface area (Å²) in [5.41, 5.74) is 1.20. The molecule has 1 saturated heterocycles.